The number of carboxylic acids is 1. The number of carbonyl (C=O) groups is 2. The normalized spacial score (nSPS) is 20.2. The average molecular weight is 591 g/mol. The van der Waals surface area contributed by atoms with E-state index in [1.165, 1.54) is 0 Å². The number of carboxylic acid groups (broad SMARTS) is 1. The lowest BCUT2D eigenvalue weighted by Gasteiger charge is -2.34. The highest BCUT2D eigenvalue weighted by atomic mass is 19.4. The van der Waals surface area contributed by atoms with Gasteiger partial charge in [-0.2, -0.15) is 13.2 Å². The van der Waals surface area contributed by atoms with E-state index in [-0.39, 0.29) is 18.8 Å². The van der Waals surface area contributed by atoms with Gasteiger partial charge in [-0.1, -0.05) is 33.1 Å². The molecule has 0 bridgehead atoms. The second kappa shape index (κ2) is 11.7. The minimum atomic E-state index is -4.96. The third-order valence-corrected chi connectivity index (χ3v) is 8.68. The van der Waals surface area contributed by atoms with Gasteiger partial charge in [-0.25, -0.2) is 14.8 Å². The summed E-state index contributed by atoms with van der Waals surface area (Å²) in [5.41, 5.74) is -2.70. The molecule has 1 aromatic heterocycles. The van der Waals surface area contributed by atoms with Crippen LogP contribution in [0.25, 0.3) is 0 Å². The number of nitrogens with zero attached hydrogens (tertiary/aromatic N) is 3. The number of nitrogens with one attached hydrogen (secondary N) is 1. The molecule has 0 unspecified atom stereocenters. The SMILES string of the molecule is CC1(C)CN(c2ncc(C(=O)NC3(C(=O)O)CCCCC3)c(C(F)(F)F)n2)c2ccc(OCCC3CCOCC3)cc21. The number of rotatable bonds is 8. The number of halogens is 3. The van der Waals surface area contributed by atoms with Crippen LogP contribution in [0.4, 0.5) is 24.8 Å². The zero-order valence-electron chi connectivity index (χ0n) is 23.9. The molecule has 1 aromatic carbocycles. The molecule has 1 saturated heterocycles. The van der Waals surface area contributed by atoms with Crippen LogP contribution in [0.2, 0.25) is 0 Å². The summed E-state index contributed by atoms with van der Waals surface area (Å²) in [4.78, 5) is 34.7. The van der Waals surface area contributed by atoms with Gasteiger partial charge in [-0.3, -0.25) is 4.79 Å². The number of amides is 1. The Bertz CT molecular complexity index is 1320. The molecule has 2 fully saturated rings. The van der Waals surface area contributed by atoms with E-state index in [4.69, 9.17) is 9.47 Å². The second-order valence-corrected chi connectivity index (χ2v) is 12.2. The maximum atomic E-state index is 14.2. The first-order valence-corrected chi connectivity index (χ1v) is 14.5. The van der Waals surface area contributed by atoms with Crippen molar-refractivity contribution >= 4 is 23.5 Å². The third-order valence-electron chi connectivity index (χ3n) is 8.68. The van der Waals surface area contributed by atoms with Crippen LogP contribution in [0, 0.1) is 5.92 Å². The topological polar surface area (TPSA) is 114 Å². The first-order valence-electron chi connectivity index (χ1n) is 14.5. The van der Waals surface area contributed by atoms with E-state index in [9.17, 15) is 27.9 Å². The lowest BCUT2D eigenvalue weighted by atomic mass is 9.81. The lowest BCUT2D eigenvalue weighted by molar-refractivity contribution is -0.145. The predicted molar refractivity (Wildman–Crippen MR) is 148 cm³/mol. The largest absolute Gasteiger partial charge is 0.494 e. The molecule has 1 amide bonds. The first kappa shape index (κ1) is 30.1. The summed E-state index contributed by atoms with van der Waals surface area (Å²) in [6, 6.07) is 5.51. The average Bonchev–Trinajstić information content (AvgIpc) is 3.23. The van der Waals surface area contributed by atoms with Gasteiger partial charge in [-0.05, 0) is 61.8 Å². The Morgan fingerprint density at radius 1 is 1.17 bits per heavy atom. The maximum absolute atomic E-state index is 14.2. The molecule has 12 heteroatoms. The quantitative estimate of drug-likeness (QED) is 0.406. The summed E-state index contributed by atoms with van der Waals surface area (Å²) in [5, 5.41) is 12.2. The number of aromatic nitrogens is 2. The van der Waals surface area contributed by atoms with Gasteiger partial charge >= 0.3 is 12.1 Å². The van der Waals surface area contributed by atoms with Crippen molar-refractivity contribution in [2.45, 2.75) is 82.3 Å². The van der Waals surface area contributed by atoms with Gasteiger partial charge in [0.15, 0.2) is 5.69 Å². The molecule has 2 N–H and O–H groups in total. The molecular weight excluding hydrogens is 553 g/mol. The summed E-state index contributed by atoms with van der Waals surface area (Å²) >= 11 is 0. The van der Waals surface area contributed by atoms with Crippen molar-refractivity contribution in [1.82, 2.24) is 15.3 Å². The van der Waals surface area contributed by atoms with E-state index in [1.54, 1.807) is 17.0 Å². The summed E-state index contributed by atoms with van der Waals surface area (Å²) in [5.74, 6) is -1.34. The molecule has 9 nitrogen and oxygen atoms in total. The maximum Gasteiger partial charge on any atom is 0.434 e. The Morgan fingerprint density at radius 2 is 1.88 bits per heavy atom. The minimum absolute atomic E-state index is 0.148. The zero-order valence-corrected chi connectivity index (χ0v) is 23.9. The van der Waals surface area contributed by atoms with Crippen molar-refractivity contribution in [2.24, 2.45) is 5.92 Å². The molecule has 3 aliphatic rings. The summed E-state index contributed by atoms with van der Waals surface area (Å²) < 4.78 is 54.1. The van der Waals surface area contributed by atoms with Crippen LogP contribution >= 0.6 is 0 Å². The number of ether oxygens (including phenoxy) is 2. The van der Waals surface area contributed by atoms with E-state index < -0.39 is 40.3 Å². The summed E-state index contributed by atoms with van der Waals surface area (Å²) in [6.45, 7) is 6.41. The van der Waals surface area contributed by atoms with Gasteiger partial charge < -0.3 is 24.8 Å². The lowest BCUT2D eigenvalue weighted by Crippen LogP contribution is -2.55. The number of hydrogen-bond donors (Lipinski definition) is 2. The fourth-order valence-corrected chi connectivity index (χ4v) is 6.22. The number of fused-ring (bicyclic) bond motifs is 1. The highest BCUT2D eigenvalue weighted by Crippen LogP contribution is 2.45. The van der Waals surface area contributed by atoms with E-state index >= 15 is 0 Å². The number of alkyl halides is 3. The highest BCUT2D eigenvalue weighted by Gasteiger charge is 2.45. The molecule has 5 rings (SSSR count). The Balaban J connectivity index is 1.38. The van der Waals surface area contributed by atoms with Crippen LogP contribution in [-0.4, -0.2) is 58.9 Å². The highest BCUT2D eigenvalue weighted by molar-refractivity contribution is 5.98. The van der Waals surface area contributed by atoms with E-state index in [0.29, 0.717) is 43.3 Å². The van der Waals surface area contributed by atoms with Crippen LogP contribution in [-0.2, 0) is 21.1 Å². The molecule has 2 aliphatic heterocycles. The van der Waals surface area contributed by atoms with E-state index in [2.05, 4.69) is 15.3 Å². The molecular formula is C30H37F3N4O5. The van der Waals surface area contributed by atoms with Gasteiger partial charge in [0, 0.05) is 37.1 Å². The Morgan fingerprint density at radius 3 is 2.55 bits per heavy atom. The molecule has 3 heterocycles. The van der Waals surface area contributed by atoms with Crippen molar-refractivity contribution in [3.05, 3.63) is 41.2 Å². The molecule has 2 aromatic rings. The van der Waals surface area contributed by atoms with Gasteiger partial charge in [0.2, 0.25) is 5.95 Å². The molecule has 42 heavy (non-hydrogen) atoms. The van der Waals surface area contributed by atoms with Crippen LogP contribution in [0.3, 0.4) is 0 Å². The molecule has 0 radical (unpaired) electrons. The number of aliphatic carboxylic acids is 1. The number of carbonyl (C=O) groups excluding carboxylic acids is 1. The monoisotopic (exact) mass is 590 g/mol. The van der Waals surface area contributed by atoms with Gasteiger partial charge in [-0.15, -0.1) is 0 Å². The first-order chi connectivity index (χ1) is 19.9. The zero-order chi connectivity index (χ0) is 30.1. The van der Waals surface area contributed by atoms with Gasteiger partial charge in [0.25, 0.3) is 5.91 Å². The van der Waals surface area contributed by atoms with Crippen molar-refractivity contribution in [3.63, 3.8) is 0 Å². The van der Waals surface area contributed by atoms with Crippen molar-refractivity contribution in [3.8, 4) is 5.75 Å². The molecule has 1 aliphatic carbocycles. The third kappa shape index (κ3) is 6.18. The number of anilines is 2. The van der Waals surface area contributed by atoms with Crippen molar-refractivity contribution in [1.29, 1.82) is 0 Å². The fourth-order valence-electron chi connectivity index (χ4n) is 6.22. The van der Waals surface area contributed by atoms with Crippen LogP contribution in [0.1, 0.15) is 86.8 Å². The van der Waals surface area contributed by atoms with Gasteiger partial charge in [0.05, 0.1) is 12.2 Å². The van der Waals surface area contributed by atoms with Crippen molar-refractivity contribution in [2.75, 3.05) is 31.3 Å². The van der Waals surface area contributed by atoms with E-state index in [0.717, 1.165) is 50.7 Å². The van der Waals surface area contributed by atoms with Gasteiger partial charge in [0.1, 0.15) is 11.3 Å². The second-order valence-electron chi connectivity index (χ2n) is 12.2. The van der Waals surface area contributed by atoms with Crippen LogP contribution < -0.4 is 15.0 Å². The van der Waals surface area contributed by atoms with Crippen molar-refractivity contribution < 1.29 is 37.3 Å². The fraction of sp³-hybridized carbons (Fsp3) is 0.600. The number of hydrogen-bond acceptors (Lipinski definition) is 7. The minimum Gasteiger partial charge on any atom is -0.494 e. The number of benzene rings is 1. The predicted octanol–water partition coefficient (Wildman–Crippen LogP) is 5.64. The van der Waals surface area contributed by atoms with E-state index in [1.807, 2.05) is 19.9 Å². The molecule has 1 saturated carbocycles. The Labute approximate surface area is 242 Å². The van der Waals surface area contributed by atoms with Crippen LogP contribution in [0.5, 0.6) is 5.75 Å². The van der Waals surface area contributed by atoms with Crippen LogP contribution in [0.15, 0.2) is 24.4 Å². The molecule has 228 valence electrons. The molecule has 0 atom stereocenters. The smallest absolute Gasteiger partial charge is 0.434 e. The Hall–Kier alpha value is -3.41. The Kier molecular flexibility index (Phi) is 8.37. The molecule has 0 spiro atoms. The summed E-state index contributed by atoms with van der Waals surface area (Å²) in [7, 11) is 0. The summed E-state index contributed by atoms with van der Waals surface area (Å²) in [6.07, 6.45) is 1.07. The standard InChI is InChI=1S/C30H37F3N4O5/c1-28(2)18-37(23-7-6-20(16-22(23)28)42-15-10-19-8-13-41-14-9-19)27-34-17-21(24(35-27)30(31,32)33)25(38)36-29(26(39)40)11-4-3-5-12-29/h6-7,16-17,19H,3-5,8-15,18H2,1-2H3,(H,36,38)(H,39,40).